The van der Waals surface area contributed by atoms with Gasteiger partial charge < -0.3 is 9.80 Å². The van der Waals surface area contributed by atoms with Crippen molar-refractivity contribution in [1.82, 2.24) is 0 Å². The number of anilines is 6. The molecule has 0 N–H and O–H groups in total. The van der Waals surface area contributed by atoms with Gasteiger partial charge in [-0.05, 0) is 118 Å². The predicted molar refractivity (Wildman–Crippen MR) is 307 cm³/mol. The van der Waals surface area contributed by atoms with E-state index in [0.29, 0.717) is 0 Å². The molecule has 0 heterocycles. The standard InChI is InChI=1S/C61H66N2OSi4/c1-65(2,3)53-31-23-49(24-32-53)62(50-25-33-54(34-26-50)66(4,5)6)47-19-13-43(14-20-47)45-17-39-57-58-40-18-46(42-60(58)61(64)59(57)41-45)44-15-21-48(22-16-44)63(51-27-35-55(36-28-51)67(7,8)9)52-29-37-56(38-30-52)68(10,11)12/h13-42H,1-12H3. The zero-order valence-corrected chi connectivity index (χ0v) is 46.1. The van der Waals surface area contributed by atoms with Crippen LogP contribution in [0.15, 0.2) is 182 Å². The molecule has 8 aromatic carbocycles. The van der Waals surface area contributed by atoms with Gasteiger partial charge in [-0.3, -0.25) is 4.79 Å². The summed E-state index contributed by atoms with van der Waals surface area (Å²) in [5.74, 6) is 0.0800. The average molecular weight is 956 g/mol. The van der Waals surface area contributed by atoms with Gasteiger partial charge in [0.25, 0.3) is 0 Å². The molecule has 0 radical (unpaired) electrons. The molecule has 9 rings (SSSR count). The SMILES string of the molecule is C[Si](C)(C)c1ccc(N(c2ccc(-c3ccc4c(c3)C(=O)c3cc(-c5ccc(N(c6ccc([Si](C)(C)C)cc6)c6ccc([Si](C)(C)C)cc6)cc5)ccc3-4)cc2)c2ccc([Si](C)(C)C)cc2)cc1. The Labute approximate surface area is 410 Å². The van der Waals surface area contributed by atoms with E-state index in [0.717, 1.165) is 78.6 Å². The summed E-state index contributed by atoms with van der Waals surface area (Å²) in [4.78, 5) is 19.0. The van der Waals surface area contributed by atoms with Crippen molar-refractivity contribution in [3.63, 3.8) is 0 Å². The maximum Gasteiger partial charge on any atom is 0.194 e. The molecule has 342 valence electrons. The fourth-order valence-corrected chi connectivity index (χ4v) is 14.0. The van der Waals surface area contributed by atoms with E-state index in [9.17, 15) is 4.79 Å². The van der Waals surface area contributed by atoms with Crippen LogP contribution in [0.5, 0.6) is 0 Å². The summed E-state index contributed by atoms with van der Waals surface area (Å²) in [6.45, 7) is 28.7. The van der Waals surface area contributed by atoms with Crippen molar-refractivity contribution in [2.75, 3.05) is 9.80 Å². The highest BCUT2D eigenvalue weighted by Gasteiger charge is 2.28. The number of carbonyl (C=O) groups is 1. The Balaban J connectivity index is 0.980. The van der Waals surface area contributed by atoms with Gasteiger partial charge in [0, 0.05) is 45.3 Å². The van der Waals surface area contributed by atoms with Crippen molar-refractivity contribution in [3.05, 3.63) is 193 Å². The lowest BCUT2D eigenvalue weighted by molar-refractivity contribution is 0.104. The van der Waals surface area contributed by atoms with Gasteiger partial charge in [-0.15, -0.1) is 0 Å². The Bertz CT molecular complexity index is 2790. The smallest absolute Gasteiger partial charge is 0.194 e. The van der Waals surface area contributed by atoms with E-state index in [4.69, 9.17) is 0 Å². The first-order valence-corrected chi connectivity index (χ1v) is 38.2. The predicted octanol–water partition coefficient (Wildman–Crippen LogP) is 15.4. The van der Waals surface area contributed by atoms with E-state index >= 15 is 0 Å². The number of hydrogen-bond donors (Lipinski definition) is 0. The lowest BCUT2D eigenvalue weighted by Crippen LogP contribution is -2.37. The van der Waals surface area contributed by atoms with Gasteiger partial charge in [0.2, 0.25) is 0 Å². The minimum Gasteiger partial charge on any atom is -0.311 e. The van der Waals surface area contributed by atoms with Crippen LogP contribution in [0.25, 0.3) is 33.4 Å². The van der Waals surface area contributed by atoms with E-state index in [2.05, 4.69) is 270 Å². The molecule has 0 saturated carbocycles. The molecule has 8 aromatic rings. The highest BCUT2D eigenvalue weighted by atomic mass is 28.3. The van der Waals surface area contributed by atoms with E-state index in [1.807, 2.05) is 0 Å². The Hall–Kier alpha value is -6.10. The van der Waals surface area contributed by atoms with Crippen molar-refractivity contribution in [3.8, 4) is 33.4 Å². The minimum atomic E-state index is -1.45. The van der Waals surface area contributed by atoms with Gasteiger partial charge in [-0.25, -0.2) is 0 Å². The number of carbonyl (C=O) groups excluding carboxylic acids is 1. The van der Waals surface area contributed by atoms with Crippen molar-refractivity contribution in [2.24, 2.45) is 0 Å². The Morgan fingerprint density at radius 3 is 0.676 bits per heavy atom. The molecule has 0 fully saturated rings. The van der Waals surface area contributed by atoms with Crippen LogP contribution in [-0.2, 0) is 0 Å². The summed E-state index contributed by atoms with van der Waals surface area (Å²) in [5, 5.41) is 5.80. The van der Waals surface area contributed by atoms with Gasteiger partial charge in [0.15, 0.2) is 5.78 Å². The van der Waals surface area contributed by atoms with Gasteiger partial charge in [0.05, 0.1) is 32.3 Å². The molecule has 1 aliphatic rings. The number of fused-ring (bicyclic) bond motifs is 3. The summed E-state index contributed by atoms with van der Waals surface area (Å²) in [6.07, 6.45) is 0. The van der Waals surface area contributed by atoms with Crippen LogP contribution in [0.1, 0.15) is 15.9 Å². The van der Waals surface area contributed by atoms with E-state index < -0.39 is 32.3 Å². The van der Waals surface area contributed by atoms with Crippen LogP contribution >= 0.6 is 0 Å². The molecule has 0 saturated heterocycles. The Kier molecular flexibility index (Phi) is 12.3. The second-order valence-electron chi connectivity index (χ2n) is 22.8. The van der Waals surface area contributed by atoms with E-state index in [-0.39, 0.29) is 5.78 Å². The first kappa shape index (κ1) is 47.0. The maximum absolute atomic E-state index is 14.3. The van der Waals surface area contributed by atoms with Crippen LogP contribution in [0.4, 0.5) is 34.1 Å². The normalized spacial score (nSPS) is 12.7. The number of rotatable bonds is 12. The molecule has 0 aromatic heterocycles. The fourth-order valence-electron chi connectivity index (χ4n) is 9.38. The third kappa shape index (κ3) is 9.50. The quantitative estimate of drug-likeness (QED) is 0.114. The second-order valence-corrected chi connectivity index (χ2v) is 43.1. The third-order valence-electron chi connectivity index (χ3n) is 13.7. The highest BCUT2D eigenvalue weighted by Crippen LogP contribution is 2.42. The molecule has 68 heavy (non-hydrogen) atoms. The zero-order valence-electron chi connectivity index (χ0n) is 42.1. The summed E-state index contributed by atoms with van der Waals surface area (Å²) < 4.78 is 0. The number of hydrogen-bond acceptors (Lipinski definition) is 3. The summed E-state index contributed by atoms with van der Waals surface area (Å²) >= 11 is 0. The molecule has 0 bridgehead atoms. The van der Waals surface area contributed by atoms with Crippen LogP contribution < -0.4 is 30.5 Å². The molecule has 0 amide bonds. The second kappa shape index (κ2) is 17.8. The van der Waals surface area contributed by atoms with E-state index in [1.54, 1.807) is 0 Å². The lowest BCUT2D eigenvalue weighted by Gasteiger charge is -2.27. The summed E-state index contributed by atoms with van der Waals surface area (Å²) in [6, 6.07) is 67.1. The van der Waals surface area contributed by atoms with Crippen molar-refractivity contribution >= 4 is 92.9 Å². The maximum atomic E-state index is 14.3. The first-order valence-electron chi connectivity index (χ1n) is 24.2. The van der Waals surface area contributed by atoms with Gasteiger partial charge in [0.1, 0.15) is 0 Å². The molecule has 0 aliphatic heterocycles. The van der Waals surface area contributed by atoms with Crippen LogP contribution in [0.3, 0.4) is 0 Å². The topological polar surface area (TPSA) is 23.6 Å². The van der Waals surface area contributed by atoms with Crippen LogP contribution in [0, 0.1) is 0 Å². The number of ketones is 1. The summed E-state index contributed by atoms with van der Waals surface area (Å²) in [7, 11) is -5.79. The molecular weight excluding hydrogens is 889 g/mol. The fraction of sp³-hybridized carbons (Fsp3) is 0.197. The third-order valence-corrected chi connectivity index (χ3v) is 22.0. The average Bonchev–Trinajstić information content (AvgIpc) is 3.59. The molecule has 7 heteroatoms. The summed E-state index contributed by atoms with van der Waals surface area (Å²) in [5.41, 5.74) is 14.5. The molecule has 0 spiro atoms. The largest absolute Gasteiger partial charge is 0.311 e. The zero-order chi connectivity index (χ0) is 48.3. The van der Waals surface area contributed by atoms with Gasteiger partial charge >= 0.3 is 0 Å². The van der Waals surface area contributed by atoms with Crippen LogP contribution in [0.2, 0.25) is 78.6 Å². The van der Waals surface area contributed by atoms with Crippen molar-refractivity contribution < 1.29 is 4.79 Å². The molecule has 1 aliphatic carbocycles. The first-order chi connectivity index (χ1) is 32.1. The van der Waals surface area contributed by atoms with Crippen molar-refractivity contribution in [1.29, 1.82) is 0 Å². The van der Waals surface area contributed by atoms with Crippen molar-refractivity contribution in [2.45, 2.75) is 78.6 Å². The highest BCUT2D eigenvalue weighted by molar-refractivity contribution is 6.90. The number of benzene rings is 8. The monoisotopic (exact) mass is 954 g/mol. The minimum absolute atomic E-state index is 0.0800. The number of nitrogens with zero attached hydrogens (tertiary/aromatic N) is 2. The Morgan fingerprint density at radius 1 is 0.250 bits per heavy atom. The Morgan fingerprint density at radius 2 is 0.456 bits per heavy atom. The van der Waals surface area contributed by atoms with Gasteiger partial charge in [-0.1, -0.05) is 196 Å². The van der Waals surface area contributed by atoms with E-state index in [1.165, 1.54) is 20.7 Å². The lowest BCUT2D eigenvalue weighted by atomic mass is 9.98. The molecule has 0 atom stereocenters. The molecule has 0 unspecified atom stereocenters. The van der Waals surface area contributed by atoms with Crippen LogP contribution in [-0.4, -0.2) is 38.1 Å². The molecule has 3 nitrogen and oxygen atoms in total. The van der Waals surface area contributed by atoms with Gasteiger partial charge in [-0.2, -0.15) is 0 Å². The molecular formula is C61H66N2OSi4.